The highest BCUT2D eigenvalue weighted by Crippen LogP contribution is 2.39. The summed E-state index contributed by atoms with van der Waals surface area (Å²) in [5, 5.41) is 8.63. The van der Waals surface area contributed by atoms with Crippen LogP contribution in [0.1, 0.15) is 12.0 Å². The van der Waals surface area contributed by atoms with Crippen LogP contribution in [0, 0.1) is 0 Å². The van der Waals surface area contributed by atoms with Gasteiger partial charge >= 0.3 is 0 Å². The van der Waals surface area contributed by atoms with Gasteiger partial charge in [0.15, 0.2) is 11.5 Å². The standard InChI is InChI=1S/C19H26N4O4S.ClH/c1-20-5-6-21-13-4-7-23(11-13)14-10-16(27-3)15(26-2)8-12(14)9-17-18(24)22-19(25)28-17;/h8-10,13,20-21H,4-7,11H2,1-3H3,(H,22,24,25);1H/b17-9-;. The SMILES string of the molecule is CNCCNC1CCN(c2cc(OC)c(OC)cc2/C=C2\SC(=O)NC2=O)C1.Cl. The molecular weight excluding hydrogens is 416 g/mol. The number of nitrogens with one attached hydrogen (secondary N) is 3. The fourth-order valence-corrected chi connectivity index (χ4v) is 4.06. The molecule has 2 aliphatic heterocycles. The van der Waals surface area contributed by atoms with Crippen molar-refractivity contribution >= 4 is 47.1 Å². The molecule has 2 amide bonds. The van der Waals surface area contributed by atoms with Gasteiger partial charge in [0.1, 0.15) is 0 Å². The number of methoxy groups -OCH3 is 2. The number of thioether (sulfide) groups is 1. The molecule has 10 heteroatoms. The maximum absolute atomic E-state index is 12.0. The van der Waals surface area contributed by atoms with E-state index in [-0.39, 0.29) is 23.6 Å². The van der Waals surface area contributed by atoms with Gasteiger partial charge in [-0.2, -0.15) is 0 Å². The molecule has 0 bridgehead atoms. The summed E-state index contributed by atoms with van der Waals surface area (Å²) in [5.41, 5.74) is 1.77. The number of nitrogens with zero attached hydrogens (tertiary/aromatic N) is 1. The van der Waals surface area contributed by atoms with Gasteiger partial charge in [-0.3, -0.25) is 14.9 Å². The van der Waals surface area contributed by atoms with E-state index in [0.717, 1.165) is 55.6 Å². The maximum atomic E-state index is 12.0. The van der Waals surface area contributed by atoms with Crippen LogP contribution in [0.5, 0.6) is 11.5 Å². The smallest absolute Gasteiger partial charge is 0.290 e. The van der Waals surface area contributed by atoms with Crippen molar-refractivity contribution in [3.63, 3.8) is 0 Å². The second-order valence-electron chi connectivity index (χ2n) is 6.61. The summed E-state index contributed by atoms with van der Waals surface area (Å²) in [6.45, 7) is 3.58. The molecule has 1 aromatic rings. The van der Waals surface area contributed by atoms with E-state index >= 15 is 0 Å². The van der Waals surface area contributed by atoms with Crippen LogP contribution in [0.15, 0.2) is 17.0 Å². The number of ether oxygens (including phenoxy) is 2. The molecule has 0 radical (unpaired) electrons. The number of likely N-dealkylation sites (N-methyl/N-ethyl adjacent to an activating group) is 1. The van der Waals surface area contributed by atoms with Gasteiger partial charge < -0.3 is 25.0 Å². The summed E-state index contributed by atoms with van der Waals surface area (Å²) in [6.07, 6.45) is 2.77. The molecule has 3 N–H and O–H groups in total. The molecule has 160 valence electrons. The van der Waals surface area contributed by atoms with Crippen LogP contribution < -0.4 is 30.3 Å². The van der Waals surface area contributed by atoms with Crippen LogP contribution in [0.4, 0.5) is 10.5 Å². The Balaban J connectivity index is 0.00000300. The molecule has 0 spiro atoms. The zero-order chi connectivity index (χ0) is 20.1. The number of rotatable bonds is 8. The first-order chi connectivity index (χ1) is 13.5. The Morgan fingerprint density at radius 1 is 1.24 bits per heavy atom. The van der Waals surface area contributed by atoms with Crippen LogP contribution in [0.25, 0.3) is 6.08 Å². The van der Waals surface area contributed by atoms with Crippen molar-refractivity contribution in [2.75, 3.05) is 52.3 Å². The summed E-state index contributed by atoms with van der Waals surface area (Å²) in [5.74, 6) is 0.838. The van der Waals surface area contributed by atoms with E-state index in [1.807, 2.05) is 19.2 Å². The molecule has 2 saturated heterocycles. The molecule has 2 aliphatic rings. The minimum Gasteiger partial charge on any atom is -0.493 e. The quantitative estimate of drug-likeness (QED) is 0.415. The molecule has 3 rings (SSSR count). The molecular formula is C19H27ClN4O4S. The third-order valence-corrected chi connectivity index (χ3v) is 5.61. The van der Waals surface area contributed by atoms with E-state index in [4.69, 9.17) is 9.47 Å². The van der Waals surface area contributed by atoms with Gasteiger partial charge in [-0.25, -0.2) is 0 Å². The predicted molar refractivity (Wildman–Crippen MR) is 118 cm³/mol. The Labute approximate surface area is 181 Å². The highest BCUT2D eigenvalue weighted by atomic mass is 35.5. The minimum absolute atomic E-state index is 0. The van der Waals surface area contributed by atoms with Crippen molar-refractivity contribution in [1.82, 2.24) is 16.0 Å². The first-order valence-corrected chi connectivity index (χ1v) is 10.0. The normalized spacial score (nSPS) is 20.0. The number of anilines is 1. The maximum Gasteiger partial charge on any atom is 0.290 e. The summed E-state index contributed by atoms with van der Waals surface area (Å²) in [6, 6.07) is 4.17. The van der Waals surface area contributed by atoms with Crippen LogP contribution >= 0.6 is 24.2 Å². The largest absolute Gasteiger partial charge is 0.493 e. The monoisotopic (exact) mass is 442 g/mol. The van der Waals surface area contributed by atoms with Gasteiger partial charge in [0, 0.05) is 49.5 Å². The Morgan fingerprint density at radius 3 is 2.59 bits per heavy atom. The third-order valence-electron chi connectivity index (χ3n) is 4.80. The summed E-state index contributed by atoms with van der Waals surface area (Å²) >= 11 is 0.909. The number of hydrogen-bond donors (Lipinski definition) is 3. The topological polar surface area (TPSA) is 91.9 Å². The van der Waals surface area contributed by atoms with E-state index in [1.165, 1.54) is 0 Å². The highest BCUT2D eigenvalue weighted by molar-refractivity contribution is 8.18. The fourth-order valence-electron chi connectivity index (χ4n) is 3.38. The molecule has 0 aromatic heterocycles. The lowest BCUT2D eigenvalue weighted by Gasteiger charge is -2.23. The Hall–Kier alpha value is -1.94. The summed E-state index contributed by atoms with van der Waals surface area (Å²) in [7, 11) is 5.12. The number of carbonyl (C=O) groups is 2. The van der Waals surface area contributed by atoms with Crippen molar-refractivity contribution in [3.8, 4) is 11.5 Å². The molecule has 2 heterocycles. The highest BCUT2D eigenvalue weighted by Gasteiger charge is 2.28. The zero-order valence-corrected chi connectivity index (χ0v) is 18.4. The van der Waals surface area contributed by atoms with Crippen LogP contribution in [0.2, 0.25) is 0 Å². The van der Waals surface area contributed by atoms with Gasteiger partial charge in [-0.05, 0) is 37.4 Å². The average molecular weight is 443 g/mol. The van der Waals surface area contributed by atoms with Gasteiger partial charge in [0.2, 0.25) is 0 Å². The summed E-state index contributed by atoms with van der Waals surface area (Å²) < 4.78 is 10.9. The molecule has 1 aromatic carbocycles. The van der Waals surface area contributed by atoms with Crippen molar-refractivity contribution in [2.24, 2.45) is 0 Å². The predicted octanol–water partition coefficient (Wildman–Crippen LogP) is 1.84. The molecule has 0 saturated carbocycles. The van der Waals surface area contributed by atoms with Gasteiger partial charge in [-0.1, -0.05) is 0 Å². The lowest BCUT2D eigenvalue weighted by molar-refractivity contribution is -0.115. The molecule has 1 atom stereocenters. The van der Waals surface area contributed by atoms with Crippen LogP contribution in [-0.2, 0) is 4.79 Å². The molecule has 1 unspecified atom stereocenters. The Bertz CT molecular complexity index is 790. The van der Waals surface area contributed by atoms with E-state index in [2.05, 4.69) is 20.9 Å². The number of imide groups is 1. The zero-order valence-electron chi connectivity index (χ0n) is 16.7. The second-order valence-corrected chi connectivity index (χ2v) is 7.62. The average Bonchev–Trinajstić information content (AvgIpc) is 3.27. The van der Waals surface area contributed by atoms with Crippen LogP contribution in [-0.4, -0.2) is 64.6 Å². The van der Waals surface area contributed by atoms with Gasteiger partial charge in [0.05, 0.1) is 19.1 Å². The lowest BCUT2D eigenvalue weighted by Crippen LogP contribution is -2.36. The van der Waals surface area contributed by atoms with Crippen molar-refractivity contribution in [1.29, 1.82) is 0 Å². The number of carbonyl (C=O) groups excluding carboxylic acids is 2. The van der Waals surface area contributed by atoms with Crippen molar-refractivity contribution < 1.29 is 19.1 Å². The molecule has 29 heavy (non-hydrogen) atoms. The number of hydrogen-bond acceptors (Lipinski definition) is 8. The first kappa shape index (κ1) is 23.3. The van der Waals surface area contributed by atoms with E-state index < -0.39 is 0 Å². The minimum atomic E-state index is -0.372. The second kappa shape index (κ2) is 10.7. The lowest BCUT2D eigenvalue weighted by atomic mass is 10.1. The molecule has 8 nitrogen and oxygen atoms in total. The van der Waals surface area contributed by atoms with E-state index in [0.29, 0.717) is 22.4 Å². The van der Waals surface area contributed by atoms with Crippen LogP contribution in [0.3, 0.4) is 0 Å². The van der Waals surface area contributed by atoms with Gasteiger partial charge in [0.25, 0.3) is 11.1 Å². The molecule has 2 fully saturated rings. The number of amides is 2. The first-order valence-electron chi connectivity index (χ1n) is 9.19. The fraction of sp³-hybridized carbons (Fsp3) is 0.474. The van der Waals surface area contributed by atoms with Crippen molar-refractivity contribution in [3.05, 3.63) is 22.6 Å². The number of halogens is 1. The summed E-state index contributed by atoms with van der Waals surface area (Å²) in [4.78, 5) is 26.1. The van der Waals surface area contributed by atoms with E-state index in [9.17, 15) is 9.59 Å². The van der Waals surface area contributed by atoms with Crippen molar-refractivity contribution in [2.45, 2.75) is 12.5 Å². The Kier molecular flexibility index (Phi) is 8.63. The number of benzene rings is 1. The third kappa shape index (κ3) is 5.57. The Morgan fingerprint density at radius 2 is 1.97 bits per heavy atom. The van der Waals surface area contributed by atoms with Gasteiger partial charge in [-0.15, -0.1) is 12.4 Å². The molecule has 0 aliphatic carbocycles. The van der Waals surface area contributed by atoms with E-state index in [1.54, 1.807) is 20.3 Å².